The number of rotatable bonds is 8. The van der Waals surface area contributed by atoms with Gasteiger partial charge in [-0.1, -0.05) is 84.9 Å². The number of piperidine rings is 2. The number of amides is 3. The third kappa shape index (κ3) is 12.4. The van der Waals surface area contributed by atoms with Gasteiger partial charge < -0.3 is 25.6 Å². The van der Waals surface area contributed by atoms with Crippen molar-refractivity contribution in [3.8, 4) is 22.3 Å². The molecule has 2 aliphatic heterocycles. The van der Waals surface area contributed by atoms with Gasteiger partial charge in [-0.25, -0.2) is 4.79 Å². The van der Waals surface area contributed by atoms with Crippen LogP contribution >= 0.6 is 0 Å². The van der Waals surface area contributed by atoms with Crippen LogP contribution < -0.4 is 16.0 Å². The van der Waals surface area contributed by atoms with Crippen LogP contribution in [0.4, 0.5) is 16.2 Å². The van der Waals surface area contributed by atoms with Gasteiger partial charge in [0.15, 0.2) is 0 Å². The van der Waals surface area contributed by atoms with E-state index in [9.17, 15) is 14.4 Å². The number of nitrogens with one attached hydrogen (secondary N) is 3. The van der Waals surface area contributed by atoms with Crippen molar-refractivity contribution in [2.24, 2.45) is 11.8 Å². The van der Waals surface area contributed by atoms with Crippen LogP contribution in [-0.2, 0) is 14.3 Å². The first-order valence-electron chi connectivity index (χ1n) is 18.2. The van der Waals surface area contributed by atoms with Crippen molar-refractivity contribution in [2.45, 2.75) is 64.9 Å². The summed E-state index contributed by atoms with van der Waals surface area (Å²) < 4.78 is 5.42. The van der Waals surface area contributed by atoms with Gasteiger partial charge in [0.1, 0.15) is 5.60 Å². The molecule has 8 heteroatoms. The minimum atomic E-state index is -0.482. The summed E-state index contributed by atoms with van der Waals surface area (Å²) in [6.07, 6.45) is 4.67. The van der Waals surface area contributed by atoms with E-state index in [-0.39, 0.29) is 23.8 Å². The second-order valence-corrected chi connectivity index (χ2v) is 14.5. The fourth-order valence-corrected chi connectivity index (χ4v) is 6.43. The summed E-state index contributed by atoms with van der Waals surface area (Å²) in [6, 6.07) is 36.4. The molecule has 2 fully saturated rings. The number of likely N-dealkylation sites (tertiary alicyclic amines) is 1. The first kappa shape index (κ1) is 37.3. The average molecular weight is 689 g/mol. The predicted molar refractivity (Wildman–Crippen MR) is 206 cm³/mol. The maximum Gasteiger partial charge on any atom is 0.410 e. The van der Waals surface area contributed by atoms with Crippen LogP contribution in [0.25, 0.3) is 22.3 Å². The fraction of sp³-hybridized carbons (Fsp3) is 0.372. The molecule has 6 rings (SSSR count). The van der Waals surface area contributed by atoms with Crippen LogP contribution in [-0.4, -0.2) is 54.6 Å². The van der Waals surface area contributed by atoms with E-state index in [1.54, 1.807) is 4.90 Å². The molecule has 0 spiro atoms. The number of carbonyl (C=O) groups is 3. The minimum absolute atomic E-state index is 0.0215. The number of hydrogen-bond acceptors (Lipinski definition) is 5. The minimum Gasteiger partial charge on any atom is -0.444 e. The molecule has 2 aliphatic rings. The second kappa shape index (κ2) is 18.3. The van der Waals surface area contributed by atoms with E-state index in [1.165, 1.54) is 5.56 Å². The van der Waals surface area contributed by atoms with Gasteiger partial charge >= 0.3 is 6.09 Å². The maximum atomic E-state index is 12.4. The van der Waals surface area contributed by atoms with Gasteiger partial charge in [-0.15, -0.1) is 0 Å². The number of anilines is 2. The molecule has 8 nitrogen and oxygen atoms in total. The summed E-state index contributed by atoms with van der Waals surface area (Å²) in [5, 5.41) is 9.33. The Morgan fingerprint density at radius 3 is 1.41 bits per heavy atom. The summed E-state index contributed by atoms with van der Waals surface area (Å²) in [5.41, 5.74) is 5.83. The fourth-order valence-electron chi connectivity index (χ4n) is 6.43. The highest BCUT2D eigenvalue weighted by molar-refractivity contribution is 5.91. The average Bonchev–Trinajstić information content (AvgIpc) is 3.13. The largest absolute Gasteiger partial charge is 0.444 e. The molecule has 0 bridgehead atoms. The molecule has 268 valence electrons. The Labute approximate surface area is 303 Å². The molecule has 0 unspecified atom stereocenters. The topological polar surface area (TPSA) is 99.8 Å². The third-order valence-electron chi connectivity index (χ3n) is 9.22. The summed E-state index contributed by atoms with van der Waals surface area (Å²) in [6.45, 7) is 8.95. The Balaban J connectivity index is 0.000000205. The zero-order valence-electron chi connectivity index (χ0n) is 30.2. The van der Waals surface area contributed by atoms with Gasteiger partial charge in [0.2, 0.25) is 11.8 Å². The summed E-state index contributed by atoms with van der Waals surface area (Å²) in [7, 11) is 0. The quantitative estimate of drug-likeness (QED) is 0.172. The molecule has 4 aromatic carbocycles. The highest BCUT2D eigenvalue weighted by Crippen LogP contribution is 2.25. The Kier molecular flexibility index (Phi) is 13.4. The summed E-state index contributed by atoms with van der Waals surface area (Å²) >= 11 is 0. The van der Waals surface area contributed by atoms with Crippen LogP contribution in [0.2, 0.25) is 0 Å². The Morgan fingerprint density at radius 2 is 1.00 bits per heavy atom. The lowest BCUT2D eigenvalue weighted by molar-refractivity contribution is -0.118. The molecule has 0 radical (unpaired) electrons. The number of benzene rings is 4. The molecular formula is C43H52N4O4. The van der Waals surface area contributed by atoms with E-state index in [2.05, 4.69) is 52.3 Å². The summed E-state index contributed by atoms with van der Waals surface area (Å²) in [5.74, 6) is 0.953. The van der Waals surface area contributed by atoms with Crippen molar-refractivity contribution in [1.82, 2.24) is 10.2 Å². The third-order valence-corrected chi connectivity index (χ3v) is 9.22. The van der Waals surface area contributed by atoms with Gasteiger partial charge in [-0.2, -0.15) is 0 Å². The lowest BCUT2D eigenvalue weighted by atomic mass is 9.93. The first-order chi connectivity index (χ1) is 24.6. The molecule has 0 saturated carbocycles. The van der Waals surface area contributed by atoms with Gasteiger partial charge in [-0.05, 0) is 118 Å². The highest BCUT2D eigenvalue weighted by Gasteiger charge is 2.28. The molecule has 0 aromatic heterocycles. The normalized spacial score (nSPS) is 15.2. The van der Waals surface area contributed by atoms with E-state index in [0.717, 1.165) is 66.8 Å². The molecule has 3 N–H and O–H groups in total. The number of carbonyl (C=O) groups excluding carboxylic acids is 3. The predicted octanol–water partition coefficient (Wildman–Crippen LogP) is 9.01. The Bertz CT molecular complexity index is 1670. The van der Waals surface area contributed by atoms with E-state index in [1.807, 2.05) is 93.6 Å². The van der Waals surface area contributed by atoms with E-state index in [0.29, 0.717) is 31.8 Å². The van der Waals surface area contributed by atoms with Crippen molar-refractivity contribution in [2.75, 3.05) is 36.8 Å². The second-order valence-electron chi connectivity index (χ2n) is 14.5. The van der Waals surface area contributed by atoms with Crippen molar-refractivity contribution < 1.29 is 19.1 Å². The Hall–Kier alpha value is -4.95. The van der Waals surface area contributed by atoms with Crippen molar-refractivity contribution in [1.29, 1.82) is 0 Å². The molecule has 4 aromatic rings. The van der Waals surface area contributed by atoms with Crippen molar-refractivity contribution in [3.63, 3.8) is 0 Å². The van der Waals surface area contributed by atoms with Crippen LogP contribution in [0.5, 0.6) is 0 Å². The molecule has 0 atom stereocenters. The molecule has 0 aliphatic carbocycles. The van der Waals surface area contributed by atoms with Gasteiger partial charge in [0.25, 0.3) is 0 Å². The van der Waals surface area contributed by atoms with E-state index in [4.69, 9.17) is 4.74 Å². The van der Waals surface area contributed by atoms with Crippen LogP contribution in [0.1, 0.15) is 59.3 Å². The SMILES string of the molecule is CC(C)(C)OC(=O)N1CCC(CC(=O)Nc2ccc(-c3ccccc3)cc2)CC1.O=C(CC1CCNCC1)Nc1ccc(-c2ccccc2)cc1. The molecular weight excluding hydrogens is 636 g/mol. The van der Waals surface area contributed by atoms with E-state index < -0.39 is 5.60 Å². The lowest BCUT2D eigenvalue weighted by Gasteiger charge is -2.33. The van der Waals surface area contributed by atoms with E-state index >= 15 is 0 Å². The zero-order chi connectivity index (χ0) is 36.1. The van der Waals surface area contributed by atoms with Gasteiger partial charge in [0.05, 0.1) is 0 Å². The number of ether oxygens (including phenoxy) is 1. The van der Waals surface area contributed by atoms with Gasteiger partial charge in [-0.3, -0.25) is 9.59 Å². The summed E-state index contributed by atoms with van der Waals surface area (Å²) in [4.78, 5) is 38.4. The first-order valence-corrected chi connectivity index (χ1v) is 18.2. The molecule has 3 amide bonds. The lowest BCUT2D eigenvalue weighted by Crippen LogP contribution is -2.42. The number of hydrogen-bond donors (Lipinski definition) is 3. The molecule has 2 saturated heterocycles. The zero-order valence-corrected chi connectivity index (χ0v) is 30.2. The van der Waals surface area contributed by atoms with Crippen LogP contribution in [0.3, 0.4) is 0 Å². The monoisotopic (exact) mass is 688 g/mol. The standard InChI is InChI=1S/C24H30N2O3.C19H22N2O/c1-24(2,3)29-23(28)26-15-13-18(14-16-26)17-22(27)25-21-11-9-20(10-12-21)19-7-5-4-6-8-19;22-19(14-15-10-12-20-13-11-15)21-18-8-6-17(7-9-18)16-4-2-1-3-5-16/h4-12,18H,13-17H2,1-3H3,(H,25,27);1-9,15,20H,10-14H2,(H,21,22). The van der Waals surface area contributed by atoms with Crippen molar-refractivity contribution in [3.05, 3.63) is 109 Å². The smallest absolute Gasteiger partial charge is 0.410 e. The van der Waals surface area contributed by atoms with Gasteiger partial charge in [0, 0.05) is 37.3 Å². The maximum absolute atomic E-state index is 12.4. The number of nitrogens with zero attached hydrogens (tertiary/aromatic N) is 1. The Morgan fingerprint density at radius 1 is 0.608 bits per heavy atom. The van der Waals surface area contributed by atoms with Crippen LogP contribution in [0, 0.1) is 11.8 Å². The molecule has 2 heterocycles. The van der Waals surface area contributed by atoms with Crippen molar-refractivity contribution >= 4 is 29.3 Å². The molecule has 51 heavy (non-hydrogen) atoms. The highest BCUT2D eigenvalue weighted by atomic mass is 16.6. The van der Waals surface area contributed by atoms with Crippen LogP contribution in [0.15, 0.2) is 109 Å².